The van der Waals surface area contributed by atoms with Crippen LogP contribution in [0.1, 0.15) is 35.4 Å². The van der Waals surface area contributed by atoms with E-state index in [1.54, 1.807) is 13.8 Å². The molecule has 0 amide bonds. The lowest BCUT2D eigenvalue weighted by molar-refractivity contribution is -0.137. The van der Waals surface area contributed by atoms with Crippen molar-refractivity contribution in [3.05, 3.63) is 46.8 Å². The van der Waals surface area contributed by atoms with Crippen LogP contribution >= 0.6 is 0 Å². The zero-order valence-corrected chi connectivity index (χ0v) is 16.4. The molecule has 28 heavy (non-hydrogen) atoms. The second-order valence-corrected chi connectivity index (χ2v) is 8.54. The summed E-state index contributed by atoms with van der Waals surface area (Å²) in [5, 5.41) is 0. The van der Waals surface area contributed by atoms with E-state index in [9.17, 15) is 21.6 Å². The Kier molecular flexibility index (Phi) is 5.51. The summed E-state index contributed by atoms with van der Waals surface area (Å²) in [6.07, 6.45) is -2.32. The first-order valence-corrected chi connectivity index (χ1v) is 10.5. The van der Waals surface area contributed by atoms with Gasteiger partial charge in [0.25, 0.3) is 0 Å². The number of nitrogens with zero attached hydrogens (tertiary/aromatic N) is 3. The number of nitrogens with one attached hydrogen (secondary N) is 1. The standard InChI is InChI=1S/C18H21F3N4O2S/c1-12-16(13(2)23-17(22-12)25-9-3-4-10-25)24-28(26,27)11-14-5-7-15(8-6-14)18(19,20)21/h5-8,24H,3-4,9-11H2,1-2H3. The van der Waals surface area contributed by atoms with Crippen molar-refractivity contribution in [2.24, 2.45) is 0 Å². The molecule has 0 bridgehead atoms. The Labute approximate surface area is 161 Å². The van der Waals surface area contributed by atoms with Gasteiger partial charge in [0.05, 0.1) is 28.4 Å². The minimum absolute atomic E-state index is 0.255. The fourth-order valence-electron chi connectivity index (χ4n) is 3.11. The Morgan fingerprint density at radius 1 is 1.04 bits per heavy atom. The van der Waals surface area contributed by atoms with Gasteiger partial charge in [-0.15, -0.1) is 0 Å². The monoisotopic (exact) mass is 414 g/mol. The summed E-state index contributed by atoms with van der Waals surface area (Å²) in [6, 6.07) is 4.06. The number of alkyl halides is 3. The molecule has 0 radical (unpaired) electrons. The summed E-state index contributed by atoms with van der Waals surface area (Å²) in [5.74, 6) is 0.135. The van der Waals surface area contributed by atoms with Gasteiger partial charge >= 0.3 is 6.18 Å². The molecule has 0 aliphatic carbocycles. The average Bonchev–Trinajstić information content (AvgIpc) is 3.12. The molecular weight excluding hydrogens is 393 g/mol. The van der Waals surface area contributed by atoms with Crippen molar-refractivity contribution >= 4 is 21.7 Å². The largest absolute Gasteiger partial charge is 0.416 e. The molecule has 1 fully saturated rings. The zero-order valence-electron chi connectivity index (χ0n) is 15.5. The predicted octanol–water partition coefficient (Wildman–Crippen LogP) is 3.65. The topological polar surface area (TPSA) is 75.2 Å². The summed E-state index contributed by atoms with van der Waals surface area (Å²) in [4.78, 5) is 10.9. The molecule has 1 saturated heterocycles. The van der Waals surface area contributed by atoms with E-state index in [0.717, 1.165) is 50.2 Å². The van der Waals surface area contributed by atoms with E-state index < -0.39 is 27.5 Å². The number of hydrogen-bond acceptors (Lipinski definition) is 5. The van der Waals surface area contributed by atoms with Crippen LogP contribution in [-0.2, 0) is 22.0 Å². The lowest BCUT2D eigenvalue weighted by Crippen LogP contribution is -2.23. The summed E-state index contributed by atoms with van der Waals surface area (Å²) in [5.41, 5.74) is 0.746. The molecule has 1 aromatic carbocycles. The molecule has 1 N–H and O–H groups in total. The maximum Gasteiger partial charge on any atom is 0.416 e. The third kappa shape index (κ3) is 4.73. The SMILES string of the molecule is Cc1nc(N2CCCC2)nc(C)c1NS(=O)(=O)Cc1ccc(C(F)(F)F)cc1. The summed E-state index contributed by atoms with van der Waals surface area (Å²) >= 11 is 0. The number of aromatic nitrogens is 2. The molecule has 2 aromatic rings. The van der Waals surface area contributed by atoms with Gasteiger partial charge in [0.1, 0.15) is 0 Å². The number of hydrogen-bond donors (Lipinski definition) is 1. The van der Waals surface area contributed by atoms with Crippen molar-refractivity contribution in [1.82, 2.24) is 9.97 Å². The van der Waals surface area contributed by atoms with Gasteiger partial charge in [0.15, 0.2) is 0 Å². The van der Waals surface area contributed by atoms with Crippen molar-refractivity contribution in [2.45, 2.75) is 38.6 Å². The molecule has 0 atom stereocenters. The minimum atomic E-state index is -4.46. The van der Waals surface area contributed by atoms with Crippen LogP contribution in [0.5, 0.6) is 0 Å². The third-order valence-corrected chi connectivity index (χ3v) is 5.77. The fraction of sp³-hybridized carbons (Fsp3) is 0.444. The Bertz CT molecular complexity index is 931. The lowest BCUT2D eigenvalue weighted by atomic mass is 10.1. The van der Waals surface area contributed by atoms with Crippen LogP contribution in [0.3, 0.4) is 0 Å². The molecule has 1 aromatic heterocycles. The first-order chi connectivity index (χ1) is 13.0. The van der Waals surface area contributed by atoms with E-state index in [-0.39, 0.29) is 5.56 Å². The van der Waals surface area contributed by atoms with Gasteiger partial charge in [0.2, 0.25) is 16.0 Å². The maximum atomic E-state index is 12.6. The lowest BCUT2D eigenvalue weighted by Gasteiger charge is -2.19. The van der Waals surface area contributed by atoms with Crippen LogP contribution in [-0.4, -0.2) is 31.5 Å². The number of aryl methyl sites for hydroxylation is 2. The molecular formula is C18H21F3N4O2S. The highest BCUT2D eigenvalue weighted by atomic mass is 32.2. The molecule has 6 nitrogen and oxygen atoms in total. The number of halogens is 3. The molecule has 1 aliphatic heterocycles. The smallest absolute Gasteiger partial charge is 0.341 e. The van der Waals surface area contributed by atoms with Crippen LogP contribution in [0.2, 0.25) is 0 Å². The highest BCUT2D eigenvalue weighted by molar-refractivity contribution is 7.91. The van der Waals surface area contributed by atoms with Gasteiger partial charge in [-0.1, -0.05) is 12.1 Å². The molecule has 2 heterocycles. The van der Waals surface area contributed by atoms with Crippen LogP contribution in [0.4, 0.5) is 24.8 Å². The fourth-order valence-corrected chi connectivity index (χ4v) is 4.42. The molecule has 1 aliphatic rings. The Hall–Kier alpha value is -2.36. The normalized spacial score (nSPS) is 15.1. The Balaban J connectivity index is 1.76. The molecule has 152 valence electrons. The molecule has 0 saturated carbocycles. The van der Waals surface area contributed by atoms with E-state index in [1.165, 1.54) is 0 Å². The van der Waals surface area contributed by atoms with E-state index in [4.69, 9.17) is 0 Å². The first kappa shape index (κ1) is 20.4. The van der Waals surface area contributed by atoms with Crippen LogP contribution in [0.15, 0.2) is 24.3 Å². The summed E-state index contributed by atoms with van der Waals surface area (Å²) in [6.45, 7) is 5.14. The average molecular weight is 414 g/mol. The van der Waals surface area contributed by atoms with Crippen molar-refractivity contribution < 1.29 is 21.6 Å². The quantitative estimate of drug-likeness (QED) is 0.808. The second kappa shape index (κ2) is 7.57. The van der Waals surface area contributed by atoms with E-state index in [0.29, 0.717) is 23.0 Å². The van der Waals surface area contributed by atoms with Gasteiger partial charge in [-0.25, -0.2) is 18.4 Å². The van der Waals surface area contributed by atoms with Gasteiger partial charge in [-0.05, 0) is 44.4 Å². The minimum Gasteiger partial charge on any atom is -0.341 e. The van der Waals surface area contributed by atoms with Gasteiger partial charge in [-0.2, -0.15) is 13.2 Å². The van der Waals surface area contributed by atoms with Gasteiger partial charge < -0.3 is 4.90 Å². The van der Waals surface area contributed by atoms with Gasteiger partial charge in [0, 0.05) is 13.1 Å². The number of benzene rings is 1. The maximum absolute atomic E-state index is 12.6. The second-order valence-electron chi connectivity index (χ2n) is 6.82. The van der Waals surface area contributed by atoms with Gasteiger partial charge in [-0.3, -0.25) is 4.72 Å². The van der Waals surface area contributed by atoms with E-state index in [2.05, 4.69) is 19.6 Å². The predicted molar refractivity (Wildman–Crippen MR) is 101 cm³/mol. The number of anilines is 2. The molecule has 10 heteroatoms. The van der Waals surface area contributed by atoms with Crippen molar-refractivity contribution in [3.63, 3.8) is 0 Å². The van der Waals surface area contributed by atoms with Crippen LogP contribution in [0.25, 0.3) is 0 Å². The Morgan fingerprint density at radius 3 is 2.07 bits per heavy atom. The molecule has 3 rings (SSSR count). The summed E-state index contributed by atoms with van der Waals surface area (Å²) in [7, 11) is -3.84. The summed E-state index contributed by atoms with van der Waals surface area (Å²) < 4.78 is 65.4. The highest BCUT2D eigenvalue weighted by Gasteiger charge is 2.30. The van der Waals surface area contributed by atoms with E-state index in [1.807, 2.05) is 0 Å². The molecule has 0 unspecified atom stereocenters. The van der Waals surface area contributed by atoms with Crippen molar-refractivity contribution in [3.8, 4) is 0 Å². The zero-order chi connectivity index (χ0) is 20.5. The Morgan fingerprint density at radius 2 is 1.57 bits per heavy atom. The van der Waals surface area contributed by atoms with Crippen molar-refractivity contribution in [1.29, 1.82) is 0 Å². The first-order valence-electron chi connectivity index (χ1n) is 8.82. The van der Waals surface area contributed by atoms with Crippen LogP contribution in [0, 0.1) is 13.8 Å². The van der Waals surface area contributed by atoms with E-state index >= 15 is 0 Å². The molecule has 0 spiro atoms. The third-order valence-electron chi connectivity index (χ3n) is 4.54. The van der Waals surface area contributed by atoms with Crippen LogP contribution < -0.4 is 9.62 Å². The highest BCUT2D eigenvalue weighted by Crippen LogP contribution is 2.29. The van der Waals surface area contributed by atoms with Crippen molar-refractivity contribution in [2.75, 3.05) is 22.7 Å². The number of rotatable bonds is 5. The number of sulfonamides is 1.